The van der Waals surface area contributed by atoms with Crippen molar-refractivity contribution in [3.8, 4) is 0 Å². The Morgan fingerprint density at radius 3 is 3.06 bits per heavy atom. The molecule has 2 heterocycles. The van der Waals surface area contributed by atoms with Gasteiger partial charge in [-0.05, 0) is 32.1 Å². The first-order chi connectivity index (χ1) is 8.79. The molecular weight excluding hydrogens is 294 g/mol. The first-order valence-corrected chi connectivity index (χ1v) is 7.95. The van der Waals surface area contributed by atoms with E-state index in [0.29, 0.717) is 6.10 Å². The van der Waals surface area contributed by atoms with Crippen molar-refractivity contribution in [2.24, 2.45) is 11.3 Å². The highest BCUT2D eigenvalue weighted by atomic mass is 79.9. The van der Waals surface area contributed by atoms with Crippen molar-refractivity contribution < 1.29 is 4.74 Å². The van der Waals surface area contributed by atoms with E-state index < -0.39 is 0 Å². The topological polar surface area (TPSA) is 39.9 Å². The van der Waals surface area contributed by atoms with Crippen LogP contribution in [0, 0.1) is 11.3 Å². The average Bonchev–Trinajstić information content (AvgIpc) is 3.00. The van der Waals surface area contributed by atoms with Crippen LogP contribution in [0.5, 0.6) is 0 Å². The molecule has 2 fully saturated rings. The Balaban J connectivity index is 1.82. The normalized spacial score (nSPS) is 32.0. The summed E-state index contributed by atoms with van der Waals surface area (Å²) in [5, 5.41) is 5.27. The van der Waals surface area contributed by atoms with Gasteiger partial charge < -0.3 is 4.74 Å². The Morgan fingerprint density at radius 1 is 1.56 bits per heavy atom. The second-order valence-corrected chi connectivity index (χ2v) is 6.10. The molecule has 100 valence electrons. The average molecular weight is 314 g/mol. The Kier molecular flexibility index (Phi) is 3.45. The highest BCUT2D eigenvalue weighted by molar-refractivity contribution is 9.09. The molecule has 1 aromatic rings. The SMILES string of the molecule is CCn1ncnc1CC1(CBr)CCOC1C1CC1. The fraction of sp³-hybridized carbons (Fsp3) is 0.846. The highest BCUT2D eigenvalue weighted by Crippen LogP contribution is 2.50. The van der Waals surface area contributed by atoms with Crippen molar-refractivity contribution >= 4 is 15.9 Å². The molecular formula is C13H20BrN3O. The van der Waals surface area contributed by atoms with E-state index in [0.717, 1.165) is 43.1 Å². The molecule has 4 nitrogen and oxygen atoms in total. The summed E-state index contributed by atoms with van der Waals surface area (Å²) < 4.78 is 8.03. The van der Waals surface area contributed by atoms with Gasteiger partial charge in [-0.3, -0.25) is 4.68 Å². The molecule has 0 N–H and O–H groups in total. The molecule has 1 aliphatic carbocycles. The van der Waals surface area contributed by atoms with Crippen LogP contribution in [0.4, 0.5) is 0 Å². The molecule has 2 unspecified atom stereocenters. The van der Waals surface area contributed by atoms with E-state index in [1.54, 1.807) is 6.33 Å². The number of aryl methyl sites for hydroxylation is 1. The minimum Gasteiger partial charge on any atom is -0.377 e. The number of alkyl halides is 1. The van der Waals surface area contributed by atoms with Crippen LogP contribution in [0.25, 0.3) is 0 Å². The fourth-order valence-corrected chi connectivity index (χ4v) is 3.92. The fourth-order valence-electron chi connectivity index (χ4n) is 3.13. The van der Waals surface area contributed by atoms with Crippen molar-refractivity contribution in [3.05, 3.63) is 12.2 Å². The van der Waals surface area contributed by atoms with Crippen molar-refractivity contribution in [3.63, 3.8) is 0 Å². The quantitative estimate of drug-likeness (QED) is 0.784. The van der Waals surface area contributed by atoms with Crippen LogP contribution >= 0.6 is 15.9 Å². The largest absolute Gasteiger partial charge is 0.377 e. The van der Waals surface area contributed by atoms with Gasteiger partial charge in [-0.25, -0.2) is 4.98 Å². The summed E-state index contributed by atoms with van der Waals surface area (Å²) in [5.41, 5.74) is 0.223. The molecule has 1 aromatic heterocycles. The van der Waals surface area contributed by atoms with E-state index in [4.69, 9.17) is 4.74 Å². The monoisotopic (exact) mass is 313 g/mol. The van der Waals surface area contributed by atoms with E-state index >= 15 is 0 Å². The third kappa shape index (κ3) is 2.11. The molecule has 1 saturated heterocycles. The van der Waals surface area contributed by atoms with Crippen LogP contribution in [0.15, 0.2) is 6.33 Å². The van der Waals surface area contributed by atoms with Crippen molar-refractivity contribution in [2.75, 3.05) is 11.9 Å². The maximum Gasteiger partial charge on any atom is 0.138 e. The molecule has 3 rings (SSSR count). The van der Waals surface area contributed by atoms with Crippen molar-refractivity contribution in [1.29, 1.82) is 0 Å². The molecule has 5 heteroatoms. The van der Waals surface area contributed by atoms with E-state index in [1.807, 2.05) is 4.68 Å². The maximum absolute atomic E-state index is 6.02. The van der Waals surface area contributed by atoms with Crippen LogP contribution in [-0.2, 0) is 17.7 Å². The predicted octanol–water partition coefficient (Wildman–Crippen LogP) is 2.42. The van der Waals surface area contributed by atoms with Gasteiger partial charge in [0.05, 0.1) is 6.10 Å². The van der Waals surface area contributed by atoms with Gasteiger partial charge in [-0.1, -0.05) is 15.9 Å². The zero-order valence-corrected chi connectivity index (χ0v) is 12.4. The molecule has 0 amide bonds. The van der Waals surface area contributed by atoms with Gasteiger partial charge in [0.15, 0.2) is 0 Å². The highest BCUT2D eigenvalue weighted by Gasteiger charge is 2.50. The van der Waals surface area contributed by atoms with Crippen LogP contribution in [0.1, 0.15) is 32.0 Å². The third-order valence-electron chi connectivity index (χ3n) is 4.32. The molecule has 1 saturated carbocycles. The summed E-state index contributed by atoms with van der Waals surface area (Å²) >= 11 is 3.72. The first kappa shape index (κ1) is 12.6. The van der Waals surface area contributed by atoms with Gasteiger partial charge >= 0.3 is 0 Å². The van der Waals surface area contributed by atoms with Crippen LogP contribution in [0.3, 0.4) is 0 Å². The second kappa shape index (κ2) is 4.93. The number of aromatic nitrogens is 3. The van der Waals surface area contributed by atoms with Gasteiger partial charge in [-0.2, -0.15) is 5.10 Å². The van der Waals surface area contributed by atoms with Crippen LogP contribution in [-0.4, -0.2) is 32.8 Å². The van der Waals surface area contributed by atoms with E-state index in [1.165, 1.54) is 12.8 Å². The Labute approximate surface area is 116 Å². The minimum absolute atomic E-state index is 0.223. The zero-order chi connectivity index (χ0) is 12.6. The molecule has 0 bridgehead atoms. The summed E-state index contributed by atoms with van der Waals surface area (Å²) in [6.45, 7) is 3.90. The van der Waals surface area contributed by atoms with Crippen molar-refractivity contribution in [1.82, 2.24) is 14.8 Å². The molecule has 1 aliphatic heterocycles. The minimum atomic E-state index is 0.223. The lowest BCUT2D eigenvalue weighted by Gasteiger charge is -2.32. The van der Waals surface area contributed by atoms with Crippen LogP contribution < -0.4 is 0 Å². The molecule has 2 aliphatic rings. The molecule has 2 atom stereocenters. The van der Waals surface area contributed by atoms with Gasteiger partial charge in [0, 0.05) is 30.3 Å². The van der Waals surface area contributed by atoms with Gasteiger partial charge in [0.2, 0.25) is 0 Å². The Bertz CT molecular complexity index is 418. The number of ether oxygens (including phenoxy) is 1. The number of hydrogen-bond acceptors (Lipinski definition) is 3. The Hall–Kier alpha value is -0.420. The van der Waals surface area contributed by atoms with E-state index in [-0.39, 0.29) is 5.41 Å². The number of halogens is 1. The second-order valence-electron chi connectivity index (χ2n) is 5.54. The molecule has 0 radical (unpaired) electrons. The summed E-state index contributed by atoms with van der Waals surface area (Å²) in [6.07, 6.45) is 6.87. The van der Waals surface area contributed by atoms with E-state index in [2.05, 4.69) is 32.9 Å². The van der Waals surface area contributed by atoms with E-state index in [9.17, 15) is 0 Å². The summed E-state index contributed by atoms with van der Waals surface area (Å²) in [5.74, 6) is 1.89. The Morgan fingerprint density at radius 2 is 2.39 bits per heavy atom. The molecule has 0 aromatic carbocycles. The lowest BCUT2D eigenvalue weighted by atomic mass is 9.77. The summed E-state index contributed by atoms with van der Waals surface area (Å²) in [6, 6.07) is 0. The smallest absolute Gasteiger partial charge is 0.138 e. The third-order valence-corrected chi connectivity index (χ3v) is 5.44. The summed E-state index contributed by atoms with van der Waals surface area (Å²) in [4.78, 5) is 4.43. The van der Waals surface area contributed by atoms with Crippen LogP contribution in [0.2, 0.25) is 0 Å². The van der Waals surface area contributed by atoms with Gasteiger partial charge in [0.1, 0.15) is 12.2 Å². The number of rotatable bonds is 5. The van der Waals surface area contributed by atoms with Gasteiger partial charge in [-0.15, -0.1) is 0 Å². The number of hydrogen-bond donors (Lipinski definition) is 0. The first-order valence-electron chi connectivity index (χ1n) is 6.83. The van der Waals surface area contributed by atoms with Crippen molar-refractivity contribution in [2.45, 2.75) is 45.3 Å². The predicted molar refractivity (Wildman–Crippen MR) is 72.7 cm³/mol. The molecule has 0 spiro atoms. The molecule has 18 heavy (non-hydrogen) atoms. The summed E-state index contributed by atoms with van der Waals surface area (Å²) in [7, 11) is 0. The standard InChI is InChI=1S/C13H20BrN3O/c1-2-17-11(15-9-16-17)7-13(8-14)5-6-18-12(13)10-3-4-10/h9-10,12H,2-8H2,1H3. The lowest BCUT2D eigenvalue weighted by molar-refractivity contribution is 0.0401. The zero-order valence-electron chi connectivity index (χ0n) is 10.8. The maximum atomic E-state index is 6.02. The number of nitrogens with zero attached hydrogens (tertiary/aromatic N) is 3. The van der Waals surface area contributed by atoms with Gasteiger partial charge in [0.25, 0.3) is 0 Å². The lowest BCUT2D eigenvalue weighted by Crippen LogP contribution is -2.37.